The lowest BCUT2D eigenvalue weighted by atomic mass is 10.1. The molecule has 3 nitrogen and oxygen atoms in total. The van der Waals surface area contributed by atoms with E-state index < -0.39 is 0 Å². The van der Waals surface area contributed by atoms with Gasteiger partial charge in [-0.15, -0.1) is 0 Å². The van der Waals surface area contributed by atoms with Crippen molar-refractivity contribution in [3.05, 3.63) is 23.8 Å². The second-order valence-corrected chi connectivity index (χ2v) is 4.97. The molecule has 1 heterocycles. The lowest BCUT2D eigenvalue weighted by Crippen LogP contribution is -2.35. The highest BCUT2D eigenvalue weighted by Gasteiger charge is 2.31. The van der Waals surface area contributed by atoms with Gasteiger partial charge in [0.05, 0.1) is 5.56 Å². The van der Waals surface area contributed by atoms with Crippen molar-refractivity contribution in [1.29, 1.82) is 0 Å². The molecule has 1 aliphatic heterocycles. The van der Waals surface area contributed by atoms with Gasteiger partial charge in [-0.25, -0.2) is 0 Å². The Morgan fingerprint density at radius 3 is 2.33 bits per heavy atom. The number of carbonyl (C=O) groups excluding carboxylic acids is 1. The first-order valence-corrected chi connectivity index (χ1v) is 6.77. The highest BCUT2D eigenvalue weighted by Crippen LogP contribution is 2.35. The molecular formula is C15H21NO2. The Balaban J connectivity index is 2.33. The summed E-state index contributed by atoms with van der Waals surface area (Å²) in [6.07, 6.45) is 5.35. The molecule has 2 rings (SSSR count). The van der Waals surface area contributed by atoms with Gasteiger partial charge in [0, 0.05) is 23.8 Å². The minimum Gasteiger partial charge on any atom is -0.507 e. The number of phenols is 1. The number of anilines is 1. The van der Waals surface area contributed by atoms with Crippen LogP contribution in [0, 0.1) is 0 Å². The zero-order valence-electron chi connectivity index (χ0n) is 11.1. The van der Waals surface area contributed by atoms with E-state index in [1.54, 1.807) is 12.1 Å². The molecule has 2 atom stereocenters. The van der Waals surface area contributed by atoms with Crippen molar-refractivity contribution < 1.29 is 9.90 Å². The normalized spacial score (nSPS) is 23.3. The number of hydrogen-bond acceptors (Lipinski definition) is 3. The van der Waals surface area contributed by atoms with Crippen molar-refractivity contribution in [2.75, 3.05) is 4.90 Å². The van der Waals surface area contributed by atoms with Gasteiger partial charge in [-0.1, -0.05) is 13.8 Å². The molecule has 0 spiro atoms. The smallest absolute Gasteiger partial charge is 0.153 e. The van der Waals surface area contributed by atoms with Crippen molar-refractivity contribution in [2.24, 2.45) is 0 Å². The second-order valence-electron chi connectivity index (χ2n) is 4.97. The van der Waals surface area contributed by atoms with Crippen LogP contribution in [0.4, 0.5) is 5.69 Å². The monoisotopic (exact) mass is 247 g/mol. The Morgan fingerprint density at radius 2 is 1.89 bits per heavy atom. The second kappa shape index (κ2) is 5.42. The van der Waals surface area contributed by atoms with Crippen LogP contribution in [0.1, 0.15) is 49.9 Å². The Kier molecular flexibility index (Phi) is 3.90. The summed E-state index contributed by atoms with van der Waals surface area (Å²) >= 11 is 0. The summed E-state index contributed by atoms with van der Waals surface area (Å²) in [5.74, 6) is 0.0825. The molecule has 0 aromatic heterocycles. The van der Waals surface area contributed by atoms with Crippen LogP contribution in [0.25, 0.3) is 0 Å². The Morgan fingerprint density at radius 1 is 1.28 bits per heavy atom. The van der Waals surface area contributed by atoms with E-state index >= 15 is 0 Å². The van der Waals surface area contributed by atoms with Crippen molar-refractivity contribution in [1.82, 2.24) is 0 Å². The zero-order chi connectivity index (χ0) is 13.1. The number of aldehydes is 1. The topological polar surface area (TPSA) is 40.5 Å². The van der Waals surface area contributed by atoms with E-state index in [9.17, 15) is 9.90 Å². The lowest BCUT2D eigenvalue weighted by Gasteiger charge is -2.32. The molecule has 3 heteroatoms. The first kappa shape index (κ1) is 12.9. The van der Waals surface area contributed by atoms with Gasteiger partial charge in [0.15, 0.2) is 6.29 Å². The molecule has 1 aliphatic rings. The molecule has 1 N–H and O–H groups in total. The fourth-order valence-corrected chi connectivity index (χ4v) is 2.98. The summed E-state index contributed by atoms with van der Waals surface area (Å²) in [6.45, 7) is 4.41. The summed E-state index contributed by atoms with van der Waals surface area (Å²) in [6, 6.07) is 6.48. The predicted octanol–water partition coefficient (Wildman–Crippen LogP) is 3.36. The molecule has 0 radical (unpaired) electrons. The van der Waals surface area contributed by atoms with E-state index in [0.717, 1.165) is 18.5 Å². The summed E-state index contributed by atoms with van der Waals surface area (Å²) in [4.78, 5) is 13.1. The molecule has 1 saturated heterocycles. The van der Waals surface area contributed by atoms with Crippen molar-refractivity contribution in [2.45, 2.75) is 51.6 Å². The van der Waals surface area contributed by atoms with Crippen LogP contribution in [-0.2, 0) is 0 Å². The van der Waals surface area contributed by atoms with Crippen LogP contribution in [0.2, 0.25) is 0 Å². The largest absolute Gasteiger partial charge is 0.507 e. The van der Waals surface area contributed by atoms with E-state index in [1.165, 1.54) is 12.8 Å². The standard InChI is InChI=1S/C15H21NO2/c1-3-12-7-8-13(4-2)16(12)14-6-5-11(10-17)15(18)9-14/h5-6,9-10,12-13,18H,3-4,7-8H2,1-2H3. The number of hydrogen-bond donors (Lipinski definition) is 1. The maximum absolute atomic E-state index is 10.7. The molecule has 0 amide bonds. The number of aromatic hydroxyl groups is 1. The van der Waals surface area contributed by atoms with Crippen LogP contribution < -0.4 is 4.90 Å². The number of carbonyl (C=O) groups is 1. The lowest BCUT2D eigenvalue weighted by molar-refractivity contribution is 0.112. The van der Waals surface area contributed by atoms with E-state index in [1.807, 2.05) is 6.07 Å². The minimum absolute atomic E-state index is 0.0825. The first-order valence-electron chi connectivity index (χ1n) is 6.77. The molecule has 0 bridgehead atoms. The third-order valence-corrected chi connectivity index (χ3v) is 4.00. The maximum Gasteiger partial charge on any atom is 0.153 e. The average Bonchev–Trinajstić information content (AvgIpc) is 2.81. The molecule has 1 aromatic carbocycles. The highest BCUT2D eigenvalue weighted by molar-refractivity contribution is 5.80. The van der Waals surface area contributed by atoms with Gasteiger partial charge in [0.2, 0.25) is 0 Å². The van der Waals surface area contributed by atoms with Crippen molar-refractivity contribution >= 4 is 12.0 Å². The van der Waals surface area contributed by atoms with E-state index in [0.29, 0.717) is 23.9 Å². The molecular weight excluding hydrogens is 226 g/mol. The van der Waals surface area contributed by atoms with Crippen molar-refractivity contribution in [3.63, 3.8) is 0 Å². The molecule has 0 saturated carbocycles. The Hall–Kier alpha value is -1.51. The van der Waals surface area contributed by atoms with E-state index in [2.05, 4.69) is 18.7 Å². The fraction of sp³-hybridized carbons (Fsp3) is 0.533. The zero-order valence-corrected chi connectivity index (χ0v) is 11.1. The maximum atomic E-state index is 10.7. The molecule has 1 fully saturated rings. The Labute approximate surface area is 108 Å². The van der Waals surface area contributed by atoms with E-state index in [-0.39, 0.29) is 5.75 Å². The molecule has 98 valence electrons. The minimum atomic E-state index is 0.0825. The number of phenolic OH excluding ortho intramolecular Hbond substituents is 1. The van der Waals surface area contributed by atoms with Crippen molar-refractivity contribution in [3.8, 4) is 5.75 Å². The molecule has 1 aromatic rings. The van der Waals surface area contributed by atoms with Crippen LogP contribution in [0.5, 0.6) is 5.75 Å². The highest BCUT2D eigenvalue weighted by atomic mass is 16.3. The molecule has 0 aliphatic carbocycles. The molecule has 2 unspecified atom stereocenters. The number of benzene rings is 1. The third kappa shape index (κ3) is 2.22. The average molecular weight is 247 g/mol. The predicted molar refractivity (Wildman–Crippen MR) is 73.4 cm³/mol. The van der Waals surface area contributed by atoms with E-state index in [4.69, 9.17) is 0 Å². The summed E-state index contributed by atoms with van der Waals surface area (Å²) in [7, 11) is 0. The number of nitrogens with zero attached hydrogens (tertiary/aromatic N) is 1. The SMILES string of the molecule is CCC1CCC(CC)N1c1ccc(C=O)c(O)c1. The van der Waals surface area contributed by atoms with Crippen LogP contribution in [-0.4, -0.2) is 23.5 Å². The Bertz CT molecular complexity index is 419. The van der Waals surface area contributed by atoms with Crippen LogP contribution in [0.3, 0.4) is 0 Å². The summed E-state index contributed by atoms with van der Waals surface area (Å²) in [5.41, 5.74) is 1.40. The number of rotatable bonds is 4. The fourth-order valence-electron chi connectivity index (χ4n) is 2.98. The van der Waals surface area contributed by atoms with Gasteiger partial charge in [-0.05, 0) is 37.8 Å². The molecule has 18 heavy (non-hydrogen) atoms. The summed E-state index contributed by atoms with van der Waals surface area (Å²) < 4.78 is 0. The van der Waals surface area contributed by atoms with Crippen LogP contribution in [0.15, 0.2) is 18.2 Å². The quantitative estimate of drug-likeness (QED) is 0.829. The third-order valence-electron chi connectivity index (χ3n) is 4.00. The van der Waals surface area contributed by atoms with Gasteiger partial charge in [0.1, 0.15) is 5.75 Å². The first-order chi connectivity index (χ1) is 8.71. The van der Waals surface area contributed by atoms with Gasteiger partial charge in [-0.2, -0.15) is 0 Å². The van der Waals surface area contributed by atoms with Gasteiger partial charge in [-0.3, -0.25) is 4.79 Å². The van der Waals surface area contributed by atoms with Crippen LogP contribution >= 0.6 is 0 Å². The van der Waals surface area contributed by atoms with Gasteiger partial charge in [0.25, 0.3) is 0 Å². The summed E-state index contributed by atoms with van der Waals surface area (Å²) in [5, 5.41) is 9.81. The van der Waals surface area contributed by atoms with Gasteiger partial charge >= 0.3 is 0 Å². The van der Waals surface area contributed by atoms with Gasteiger partial charge < -0.3 is 10.0 Å².